The summed E-state index contributed by atoms with van der Waals surface area (Å²) in [7, 11) is 1.75. The second-order valence-electron chi connectivity index (χ2n) is 5.08. The van der Waals surface area contributed by atoms with Crippen LogP contribution in [-0.4, -0.2) is 18.6 Å². The minimum Gasteiger partial charge on any atom is -0.508 e. The molecule has 3 heteroatoms. The topological polar surface area (TPSA) is 40.5 Å². The highest BCUT2D eigenvalue weighted by Gasteiger charge is 2.63. The Hall–Kier alpha value is -1.51. The lowest BCUT2D eigenvalue weighted by atomic mass is 10.0. The highest BCUT2D eigenvalue weighted by molar-refractivity contribution is 5.77. The highest BCUT2D eigenvalue weighted by atomic mass is 16.3. The van der Waals surface area contributed by atoms with Crippen molar-refractivity contribution in [3.8, 4) is 5.75 Å². The Morgan fingerprint density at radius 1 is 1.50 bits per heavy atom. The average Bonchev–Trinajstić information content (AvgIpc) is 3.19. The normalized spacial score (nSPS) is 24.2. The summed E-state index contributed by atoms with van der Waals surface area (Å²) < 4.78 is 0. The minimum absolute atomic E-state index is 0.292. The Labute approximate surface area is 94.7 Å². The van der Waals surface area contributed by atoms with Crippen molar-refractivity contribution >= 4 is 12.1 Å². The molecule has 3 rings (SSSR count). The zero-order valence-corrected chi connectivity index (χ0v) is 9.31. The summed E-state index contributed by atoms with van der Waals surface area (Å²) in [4.78, 5) is 12.4. The number of carbonyl (C=O) groups excluding carboxylic acids is 1. The first-order chi connectivity index (χ1) is 7.66. The molecule has 0 saturated heterocycles. The van der Waals surface area contributed by atoms with Gasteiger partial charge in [-0.3, -0.25) is 4.79 Å². The summed E-state index contributed by atoms with van der Waals surface area (Å²) in [6.07, 6.45) is 4.64. The molecular weight excluding hydrogens is 202 g/mol. The van der Waals surface area contributed by atoms with Crippen LogP contribution in [0.15, 0.2) is 18.2 Å². The van der Waals surface area contributed by atoms with E-state index in [4.69, 9.17) is 0 Å². The predicted molar refractivity (Wildman–Crippen MR) is 61.6 cm³/mol. The molecule has 0 aliphatic heterocycles. The van der Waals surface area contributed by atoms with Crippen LogP contribution >= 0.6 is 0 Å². The van der Waals surface area contributed by atoms with Gasteiger partial charge in [0, 0.05) is 12.7 Å². The average molecular weight is 217 g/mol. The zero-order chi connectivity index (χ0) is 11.3. The summed E-state index contributed by atoms with van der Waals surface area (Å²) in [5.41, 5.74) is 2.60. The summed E-state index contributed by atoms with van der Waals surface area (Å²) >= 11 is 0. The van der Waals surface area contributed by atoms with Gasteiger partial charge in [0.25, 0.3) is 0 Å². The van der Waals surface area contributed by atoms with E-state index in [0.29, 0.717) is 17.1 Å². The number of hydrogen-bond donors (Lipinski definition) is 1. The summed E-state index contributed by atoms with van der Waals surface area (Å²) in [6, 6.07) is 5.28. The highest BCUT2D eigenvalue weighted by Crippen LogP contribution is 2.75. The number of nitrogens with zero attached hydrogens (tertiary/aromatic N) is 1. The Morgan fingerprint density at radius 2 is 2.25 bits per heavy atom. The SMILES string of the molecule is CN(C=O)c1ccc(O)cc1[C@H]1CC12CC2. The largest absolute Gasteiger partial charge is 0.508 e. The molecule has 2 fully saturated rings. The van der Waals surface area contributed by atoms with Crippen molar-refractivity contribution in [1.82, 2.24) is 0 Å². The molecule has 0 unspecified atom stereocenters. The standard InChI is InChI=1S/C13H15NO2/c1-14(8-15)12-3-2-9(16)6-10(12)11-7-13(11)4-5-13/h2-3,6,8,11,16H,4-5,7H2,1H3/t11-/m1/s1. The van der Waals surface area contributed by atoms with Crippen LogP contribution in [0.1, 0.15) is 30.7 Å². The van der Waals surface area contributed by atoms with Gasteiger partial charge < -0.3 is 10.0 Å². The second-order valence-corrected chi connectivity index (χ2v) is 5.08. The van der Waals surface area contributed by atoms with Gasteiger partial charge in [-0.05, 0) is 54.4 Å². The molecule has 0 aromatic heterocycles. The van der Waals surface area contributed by atoms with E-state index in [9.17, 15) is 9.90 Å². The van der Waals surface area contributed by atoms with Gasteiger partial charge >= 0.3 is 0 Å². The molecule has 16 heavy (non-hydrogen) atoms. The number of carbonyl (C=O) groups is 1. The number of phenols is 1. The fraction of sp³-hybridized carbons (Fsp3) is 0.462. The molecule has 0 heterocycles. The number of phenolic OH excluding ortho intramolecular Hbond substituents is 1. The van der Waals surface area contributed by atoms with E-state index in [-0.39, 0.29) is 0 Å². The van der Waals surface area contributed by atoms with Gasteiger partial charge in [0.2, 0.25) is 6.41 Å². The van der Waals surface area contributed by atoms with Crippen LogP contribution in [0.25, 0.3) is 0 Å². The Morgan fingerprint density at radius 3 is 2.81 bits per heavy atom. The lowest BCUT2D eigenvalue weighted by Crippen LogP contribution is -2.15. The van der Waals surface area contributed by atoms with Crippen LogP contribution < -0.4 is 4.90 Å². The molecule has 2 saturated carbocycles. The molecule has 0 bridgehead atoms. The van der Waals surface area contributed by atoms with E-state index in [1.165, 1.54) is 19.3 Å². The molecule has 84 valence electrons. The molecule has 2 aliphatic carbocycles. The quantitative estimate of drug-likeness (QED) is 0.789. The second kappa shape index (κ2) is 3.00. The fourth-order valence-corrected chi connectivity index (χ4v) is 2.70. The van der Waals surface area contributed by atoms with Crippen molar-refractivity contribution in [2.24, 2.45) is 5.41 Å². The van der Waals surface area contributed by atoms with Crippen LogP contribution in [0.5, 0.6) is 5.75 Å². The molecule has 3 nitrogen and oxygen atoms in total. The first kappa shape index (κ1) is 9.70. The van der Waals surface area contributed by atoms with E-state index in [1.54, 1.807) is 18.0 Å². The van der Waals surface area contributed by atoms with Gasteiger partial charge in [-0.1, -0.05) is 0 Å². The van der Waals surface area contributed by atoms with Gasteiger partial charge in [-0.15, -0.1) is 0 Å². The third-order valence-electron chi connectivity index (χ3n) is 4.01. The van der Waals surface area contributed by atoms with Gasteiger partial charge in [-0.2, -0.15) is 0 Å². The number of aromatic hydroxyl groups is 1. The van der Waals surface area contributed by atoms with Gasteiger partial charge in [0.05, 0.1) is 0 Å². The summed E-state index contributed by atoms with van der Waals surface area (Å²) in [5, 5.41) is 9.55. The number of benzene rings is 1. The molecule has 1 amide bonds. The first-order valence-electron chi connectivity index (χ1n) is 5.67. The molecule has 0 radical (unpaired) electrons. The van der Waals surface area contributed by atoms with E-state index in [2.05, 4.69) is 0 Å². The summed E-state index contributed by atoms with van der Waals surface area (Å²) in [5.74, 6) is 0.845. The van der Waals surface area contributed by atoms with Gasteiger partial charge in [0.1, 0.15) is 5.75 Å². The zero-order valence-electron chi connectivity index (χ0n) is 9.31. The molecule has 1 aromatic carbocycles. The number of rotatable bonds is 3. The van der Waals surface area contributed by atoms with Gasteiger partial charge in [-0.25, -0.2) is 0 Å². The summed E-state index contributed by atoms with van der Waals surface area (Å²) in [6.45, 7) is 0. The van der Waals surface area contributed by atoms with Crippen molar-refractivity contribution in [3.05, 3.63) is 23.8 Å². The van der Waals surface area contributed by atoms with Gasteiger partial charge in [0.15, 0.2) is 0 Å². The lowest BCUT2D eigenvalue weighted by molar-refractivity contribution is -0.107. The van der Waals surface area contributed by atoms with Crippen molar-refractivity contribution in [2.45, 2.75) is 25.2 Å². The molecule has 1 N–H and O–H groups in total. The maximum atomic E-state index is 10.8. The van der Waals surface area contributed by atoms with Crippen LogP contribution in [0, 0.1) is 5.41 Å². The number of amides is 1. The molecular formula is C13H15NO2. The van der Waals surface area contributed by atoms with E-state index < -0.39 is 0 Å². The number of anilines is 1. The monoisotopic (exact) mass is 217 g/mol. The van der Waals surface area contributed by atoms with E-state index in [1.807, 2.05) is 12.1 Å². The van der Waals surface area contributed by atoms with Crippen molar-refractivity contribution in [1.29, 1.82) is 0 Å². The molecule has 1 aromatic rings. The van der Waals surface area contributed by atoms with Crippen LogP contribution in [0.3, 0.4) is 0 Å². The first-order valence-corrected chi connectivity index (χ1v) is 5.67. The maximum Gasteiger partial charge on any atom is 0.213 e. The predicted octanol–water partition coefficient (Wildman–Crippen LogP) is 2.25. The molecule has 1 atom stereocenters. The third-order valence-corrected chi connectivity index (χ3v) is 4.01. The van der Waals surface area contributed by atoms with E-state index >= 15 is 0 Å². The minimum atomic E-state index is 0.292. The van der Waals surface area contributed by atoms with Crippen LogP contribution in [-0.2, 0) is 4.79 Å². The Kier molecular flexibility index (Phi) is 1.82. The third kappa shape index (κ3) is 1.31. The van der Waals surface area contributed by atoms with Crippen LogP contribution in [0.2, 0.25) is 0 Å². The fourth-order valence-electron chi connectivity index (χ4n) is 2.70. The maximum absolute atomic E-state index is 10.8. The smallest absolute Gasteiger partial charge is 0.213 e. The van der Waals surface area contributed by atoms with Crippen LogP contribution in [0.4, 0.5) is 5.69 Å². The van der Waals surface area contributed by atoms with E-state index in [0.717, 1.165) is 17.7 Å². The Balaban J connectivity index is 2.00. The molecule has 2 aliphatic rings. The number of hydrogen-bond acceptors (Lipinski definition) is 2. The molecule has 1 spiro atoms. The Bertz CT molecular complexity index is 451. The van der Waals surface area contributed by atoms with Crippen molar-refractivity contribution in [2.75, 3.05) is 11.9 Å². The lowest BCUT2D eigenvalue weighted by Gasteiger charge is -2.16. The van der Waals surface area contributed by atoms with Crippen molar-refractivity contribution < 1.29 is 9.90 Å². The van der Waals surface area contributed by atoms with Crippen molar-refractivity contribution in [3.63, 3.8) is 0 Å².